The molecule has 0 aliphatic rings. The van der Waals surface area contributed by atoms with Gasteiger partial charge in [-0.05, 0) is 31.2 Å². The lowest BCUT2D eigenvalue weighted by atomic mass is 10.3. The molecule has 1 aromatic carbocycles. The zero-order valence-electron chi connectivity index (χ0n) is 12.3. The average molecular weight is 365 g/mol. The lowest BCUT2D eigenvalue weighted by Crippen LogP contribution is -2.45. The van der Waals surface area contributed by atoms with Crippen molar-refractivity contribution in [3.8, 4) is 0 Å². The number of carbonyl (C=O) groups is 2. The standard InChI is InChI=1S/C13H17ClN2O6S/c1-9(13(19)15-6-7-22-8-12(17)18)16-23(20,21)11-4-2-10(14)3-5-11/h2-5,9,16H,6-8H2,1H3,(H,15,19)(H,17,18). The summed E-state index contributed by atoms with van der Waals surface area (Å²) < 4.78 is 31.1. The first-order valence-corrected chi connectivity index (χ1v) is 8.43. The Morgan fingerprint density at radius 3 is 2.48 bits per heavy atom. The average Bonchev–Trinajstić information content (AvgIpc) is 2.46. The summed E-state index contributed by atoms with van der Waals surface area (Å²) in [6, 6.07) is 4.51. The zero-order valence-corrected chi connectivity index (χ0v) is 13.9. The van der Waals surface area contributed by atoms with Crippen LogP contribution in [0.4, 0.5) is 0 Å². The topological polar surface area (TPSA) is 122 Å². The Hall–Kier alpha value is -1.68. The first kappa shape index (κ1) is 19.4. The van der Waals surface area contributed by atoms with Crippen molar-refractivity contribution in [2.45, 2.75) is 17.9 Å². The second-order valence-corrected chi connectivity index (χ2v) is 6.68. The number of aliphatic carboxylic acids is 1. The van der Waals surface area contributed by atoms with Crippen LogP contribution in [0.2, 0.25) is 5.02 Å². The Morgan fingerprint density at radius 2 is 1.91 bits per heavy atom. The van der Waals surface area contributed by atoms with Crippen molar-refractivity contribution in [3.63, 3.8) is 0 Å². The molecular weight excluding hydrogens is 348 g/mol. The van der Waals surface area contributed by atoms with Crippen LogP contribution in [0.25, 0.3) is 0 Å². The molecule has 0 bridgehead atoms. The van der Waals surface area contributed by atoms with Crippen molar-refractivity contribution < 1.29 is 27.9 Å². The molecule has 1 unspecified atom stereocenters. The molecule has 1 aromatic rings. The molecule has 0 spiro atoms. The molecule has 8 nitrogen and oxygen atoms in total. The minimum absolute atomic E-state index is 0.00802. The van der Waals surface area contributed by atoms with Gasteiger partial charge in [-0.15, -0.1) is 0 Å². The maximum atomic E-state index is 12.1. The van der Waals surface area contributed by atoms with Gasteiger partial charge in [0.2, 0.25) is 15.9 Å². The van der Waals surface area contributed by atoms with Crippen LogP contribution < -0.4 is 10.0 Å². The molecule has 0 fully saturated rings. The summed E-state index contributed by atoms with van der Waals surface area (Å²) in [5.41, 5.74) is 0. The molecule has 3 N–H and O–H groups in total. The van der Waals surface area contributed by atoms with Gasteiger partial charge in [-0.1, -0.05) is 11.6 Å². The van der Waals surface area contributed by atoms with E-state index in [0.717, 1.165) is 0 Å². The number of carbonyl (C=O) groups excluding carboxylic acids is 1. The molecule has 0 radical (unpaired) electrons. The van der Waals surface area contributed by atoms with Crippen molar-refractivity contribution >= 4 is 33.5 Å². The Labute approximate surface area is 138 Å². The fraction of sp³-hybridized carbons (Fsp3) is 0.385. The molecule has 0 saturated carbocycles. The van der Waals surface area contributed by atoms with Gasteiger partial charge in [-0.2, -0.15) is 4.72 Å². The highest BCUT2D eigenvalue weighted by atomic mass is 35.5. The van der Waals surface area contributed by atoms with E-state index in [1.165, 1.54) is 31.2 Å². The van der Waals surface area contributed by atoms with Crippen molar-refractivity contribution in [2.75, 3.05) is 19.8 Å². The zero-order chi connectivity index (χ0) is 17.5. The van der Waals surface area contributed by atoms with Gasteiger partial charge in [0, 0.05) is 11.6 Å². The predicted octanol–water partition coefficient (Wildman–Crippen LogP) is 0.224. The van der Waals surface area contributed by atoms with Crippen molar-refractivity contribution in [1.29, 1.82) is 0 Å². The molecule has 0 aliphatic heterocycles. The Balaban J connectivity index is 2.47. The normalized spacial score (nSPS) is 12.6. The molecule has 23 heavy (non-hydrogen) atoms. The van der Waals surface area contributed by atoms with Gasteiger partial charge in [0.25, 0.3) is 0 Å². The number of rotatable bonds is 9. The number of nitrogens with one attached hydrogen (secondary N) is 2. The fourth-order valence-corrected chi connectivity index (χ4v) is 2.86. The van der Waals surface area contributed by atoms with Crippen molar-refractivity contribution in [2.24, 2.45) is 0 Å². The second-order valence-electron chi connectivity index (χ2n) is 4.53. The van der Waals surface area contributed by atoms with Gasteiger partial charge in [0.1, 0.15) is 6.61 Å². The molecule has 128 valence electrons. The monoisotopic (exact) mass is 364 g/mol. The van der Waals surface area contributed by atoms with Gasteiger partial charge in [-0.25, -0.2) is 13.2 Å². The van der Waals surface area contributed by atoms with Crippen LogP contribution in [0.3, 0.4) is 0 Å². The minimum atomic E-state index is -3.85. The summed E-state index contributed by atoms with van der Waals surface area (Å²) in [5, 5.41) is 11.2. The Bertz CT molecular complexity index is 647. The smallest absolute Gasteiger partial charge is 0.329 e. The second kappa shape index (κ2) is 8.82. The lowest BCUT2D eigenvalue weighted by Gasteiger charge is -2.14. The third-order valence-electron chi connectivity index (χ3n) is 2.62. The van der Waals surface area contributed by atoms with Crippen LogP contribution in [0, 0.1) is 0 Å². The maximum Gasteiger partial charge on any atom is 0.329 e. The Kier molecular flexibility index (Phi) is 7.43. The van der Waals surface area contributed by atoms with Gasteiger partial charge in [0.05, 0.1) is 17.5 Å². The van der Waals surface area contributed by atoms with Gasteiger partial charge < -0.3 is 15.2 Å². The van der Waals surface area contributed by atoms with E-state index in [-0.39, 0.29) is 18.0 Å². The van der Waals surface area contributed by atoms with E-state index < -0.39 is 34.5 Å². The summed E-state index contributed by atoms with van der Waals surface area (Å²) in [5.74, 6) is -1.66. The molecule has 1 atom stereocenters. The molecule has 0 aromatic heterocycles. The molecule has 0 aliphatic carbocycles. The van der Waals surface area contributed by atoms with Crippen LogP contribution in [-0.2, 0) is 24.3 Å². The SMILES string of the molecule is CC(NS(=O)(=O)c1ccc(Cl)cc1)C(=O)NCCOCC(=O)O. The molecule has 1 amide bonds. The van der Waals surface area contributed by atoms with Crippen LogP contribution in [0.5, 0.6) is 0 Å². The van der Waals surface area contributed by atoms with Gasteiger partial charge >= 0.3 is 5.97 Å². The number of benzene rings is 1. The number of hydrogen-bond donors (Lipinski definition) is 3. The summed E-state index contributed by atoms with van der Waals surface area (Å²) in [6.45, 7) is 1.00. The Morgan fingerprint density at radius 1 is 1.30 bits per heavy atom. The van der Waals surface area contributed by atoms with Crippen LogP contribution >= 0.6 is 11.6 Å². The number of hydrogen-bond acceptors (Lipinski definition) is 5. The van der Waals surface area contributed by atoms with E-state index in [2.05, 4.69) is 10.0 Å². The first-order valence-electron chi connectivity index (χ1n) is 6.57. The number of amides is 1. The van der Waals surface area contributed by atoms with E-state index in [9.17, 15) is 18.0 Å². The fourth-order valence-electron chi connectivity index (χ4n) is 1.53. The van der Waals surface area contributed by atoms with E-state index in [1.54, 1.807) is 0 Å². The number of carboxylic acids is 1. The van der Waals surface area contributed by atoms with Crippen molar-refractivity contribution in [1.82, 2.24) is 10.0 Å². The maximum absolute atomic E-state index is 12.1. The highest BCUT2D eigenvalue weighted by molar-refractivity contribution is 7.89. The molecule has 0 heterocycles. The molecule has 10 heteroatoms. The van der Waals surface area contributed by atoms with Crippen molar-refractivity contribution in [3.05, 3.63) is 29.3 Å². The number of sulfonamides is 1. The number of carboxylic acid groups (broad SMARTS) is 1. The molecule has 0 saturated heterocycles. The van der Waals surface area contributed by atoms with E-state index >= 15 is 0 Å². The summed E-state index contributed by atoms with van der Waals surface area (Å²) in [4.78, 5) is 22.0. The quantitative estimate of drug-likeness (QED) is 0.539. The summed E-state index contributed by atoms with van der Waals surface area (Å²) in [7, 11) is -3.85. The molecule has 1 rings (SSSR count). The highest BCUT2D eigenvalue weighted by Gasteiger charge is 2.21. The van der Waals surface area contributed by atoms with E-state index in [1.807, 2.05) is 0 Å². The summed E-state index contributed by atoms with van der Waals surface area (Å²) >= 11 is 5.69. The van der Waals surface area contributed by atoms with Crippen LogP contribution in [0.1, 0.15) is 6.92 Å². The summed E-state index contributed by atoms with van der Waals surface area (Å²) in [6.07, 6.45) is 0. The van der Waals surface area contributed by atoms with E-state index in [0.29, 0.717) is 5.02 Å². The molecular formula is C13H17ClN2O6S. The van der Waals surface area contributed by atoms with Crippen LogP contribution in [-0.4, -0.2) is 51.2 Å². The third kappa shape index (κ3) is 6.95. The largest absolute Gasteiger partial charge is 0.480 e. The predicted molar refractivity (Wildman–Crippen MR) is 82.7 cm³/mol. The third-order valence-corrected chi connectivity index (χ3v) is 4.43. The van der Waals surface area contributed by atoms with Gasteiger partial charge in [-0.3, -0.25) is 4.79 Å². The minimum Gasteiger partial charge on any atom is -0.480 e. The number of ether oxygens (including phenoxy) is 1. The first-order chi connectivity index (χ1) is 10.7. The highest BCUT2D eigenvalue weighted by Crippen LogP contribution is 2.14. The van der Waals surface area contributed by atoms with Crippen LogP contribution in [0.15, 0.2) is 29.2 Å². The lowest BCUT2D eigenvalue weighted by molar-refractivity contribution is -0.142. The van der Waals surface area contributed by atoms with Gasteiger partial charge in [0.15, 0.2) is 0 Å². The number of halogens is 1. The van der Waals surface area contributed by atoms with E-state index in [4.69, 9.17) is 21.4 Å².